The predicted octanol–water partition coefficient (Wildman–Crippen LogP) is 2.84. The molecular formula is C13H22N4. The SMILES string of the molecule is C=CCNc1nc(C)cc(NCCC(C)C)n1. The van der Waals surface area contributed by atoms with Crippen LogP contribution in [0.4, 0.5) is 11.8 Å². The Morgan fingerprint density at radius 1 is 1.35 bits per heavy atom. The molecule has 1 aromatic rings. The molecule has 0 bridgehead atoms. The van der Waals surface area contributed by atoms with E-state index in [0.717, 1.165) is 24.5 Å². The smallest absolute Gasteiger partial charge is 0.225 e. The van der Waals surface area contributed by atoms with Gasteiger partial charge in [0, 0.05) is 24.8 Å². The van der Waals surface area contributed by atoms with Crippen LogP contribution in [-0.4, -0.2) is 23.1 Å². The Morgan fingerprint density at radius 2 is 2.12 bits per heavy atom. The molecule has 0 fully saturated rings. The number of aryl methyl sites for hydroxylation is 1. The number of aromatic nitrogens is 2. The highest BCUT2D eigenvalue weighted by Gasteiger charge is 2.01. The molecule has 0 aliphatic carbocycles. The summed E-state index contributed by atoms with van der Waals surface area (Å²) in [5.41, 5.74) is 0.957. The Morgan fingerprint density at radius 3 is 2.76 bits per heavy atom. The van der Waals surface area contributed by atoms with Crippen molar-refractivity contribution in [2.75, 3.05) is 23.7 Å². The molecule has 94 valence electrons. The van der Waals surface area contributed by atoms with Crippen LogP contribution < -0.4 is 10.6 Å². The van der Waals surface area contributed by atoms with E-state index in [2.05, 4.69) is 41.0 Å². The average Bonchev–Trinajstić information content (AvgIpc) is 2.25. The van der Waals surface area contributed by atoms with Crippen LogP contribution in [-0.2, 0) is 0 Å². The van der Waals surface area contributed by atoms with E-state index in [-0.39, 0.29) is 0 Å². The first kappa shape index (κ1) is 13.5. The summed E-state index contributed by atoms with van der Waals surface area (Å²) < 4.78 is 0. The van der Waals surface area contributed by atoms with Crippen molar-refractivity contribution in [3.63, 3.8) is 0 Å². The second-order valence-electron chi connectivity index (χ2n) is 4.50. The first-order chi connectivity index (χ1) is 8.11. The number of rotatable bonds is 7. The van der Waals surface area contributed by atoms with Gasteiger partial charge in [-0.2, -0.15) is 4.98 Å². The molecule has 0 amide bonds. The minimum absolute atomic E-state index is 0.650. The van der Waals surface area contributed by atoms with E-state index in [1.807, 2.05) is 13.0 Å². The fourth-order valence-electron chi connectivity index (χ4n) is 1.39. The first-order valence-electron chi connectivity index (χ1n) is 6.06. The second kappa shape index (κ2) is 6.89. The van der Waals surface area contributed by atoms with E-state index < -0.39 is 0 Å². The van der Waals surface area contributed by atoms with Crippen LogP contribution in [0.2, 0.25) is 0 Å². The van der Waals surface area contributed by atoms with Gasteiger partial charge in [-0.25, -0.2) is 4.98 Å². The van der Waals surface area contributed by atoms with Crippen LogP contribution in [0.3, 0.4) is 0 Å². The third-order valence-corrected chi connectivity index (χ3v) is 2.29. The van der Waals surface area contributed by atoms with Gasteiger partial charge in [-0.05, 0) is 19.3 Å². The van der Waals surface area contributed by atoms with Crippen molar-refractivity contribution in [2.45, 2.75) is 27.2 Å². The summed E-state index contributed by atoms with van der Waals surface area (Å²) >= 11 is 0. The van der Waals surface area contributed by atoms with Gasteiger partial charge in [-0.1, -0.05) is 19.9 Å². The van der Waals surface area contributed by atoms with Crippen molar-refractivity contribution in [3.05, 3.63) is 24.4 Å². The Hall–Kier alpha value is -1.58. The molecule has 0 aliphatic rings. The number of nitrogens with zero attached hydrogens (tertiary/aromatic N) is 2. The Labute approximate surface area is 104 Å². The molecule has 2 N–H and O–H groups in total. The van der Waals surface area contributed by atoms with E-state index >= 15 is 0 Å². The minimum Gasteiger partial charge on any atom is -0.370 e. The molecule has 0 unspecified atom stereocenters. The van der Waals surface area contributed by atoms with E-state index in [0.29, 0.717) is 18.4 Å². The van der Waals surface area contributed by atoms with Gasteiger partial charge >= 0.3 is 0 Å². The molecular weight excluding hydrogens is 212 g/mol. The van der Waals surface area contributed by atoms with E-state index in [4.69, 9.17) is 0 Å². The molecule has 0 aromatic carbocycles. The van der Waals surface area contributed by atoms with Crippen LogP contribution in [0.1, 0.15) is 26.0 Å². The van der Waals surface area contributed by atoms with Crippen molar-refractivity contribution in [3.8, 4) is 0 Å². The molecule has 0 saturated heterocycles. The largest absolute Gasteiger partial charge is 0.370 e. The third kappa shape index (κ3) is 5.33. The van der Waals surface area contributed by atoms with Gasteiger partial charge in [0.1, 0.15) is 5.82 Å². The van der Waals surface area contributed by atoms with Crippen LogP contribution >= 0.6 is 0 Å². The zero-order valence-electron chi connectivity index (χ0n) is 11.0. The molecule has 1 aromatic heterocycles. The highest BCUT2D eigenvalue weighted by molar-refractivity contribution is 5.42. The van der Waals surface area contributed by atoms with Crippen molar-refractivity contribution < 1.29 is 0 Å². The van der Waals surface area contributed by atoms with E-state index in [9.17, 15) is 0 Å². The van der Waals surface area contributed by atoms with E-state index in [1.54, 1.807) is 6.08 Å². The van der Waals surface area contributed by atoms with Crippen LogP contribution in [0.15, 0.2) is 18.7 Å². The Bertz CT molecular complexity index is 360. The molecule has 0 aliphatic heterocycles. The standard InChI is InChI=1S/C13H22N4/c1-5-7-15-13-16-11(4)9-12(17-13)14-8-6-10(2)3/h5,9-10H,1,6-8H2,2-4H3,(H2,14,15,16,17). The van der Waals surface area contributed by atoms with Gasteiger partial charge in [0.15, 0.2) is 0 Å². The van der Waals surface area contributed by atoms with Crippen LogP contribution in [0.5, 0.6) is 0 Å². The first-order valence-corrected chi connectivity index (χ1v) is 6.06. The molecule has 17 heavy (non-hydrogen) atoms. The van der Waals surface area contributed by atoms with Crippen molar-refractivity contribution in [1.82, 2.24) is 9.97 Å². The summed E-state index contributed by atoms with van der Waals surface area (Å²) in [4.78, 5) is 8.69. The van der Waals surface area contributed by atoms with Crippen LogP contribution in [0, 0.1) is 12.8 Å². The zero-order valence-corrected chi connectivity index (χ0v) is 11.0. The summed E-state index contributed by atoms with van der Waals surface area (Å²) in [7, 11) is 0. The quantitative estimate of drug-likeness (QED) is 0.712. The van der Waals surface area contributed by atoms with Gasteiger partial charge in [0.05, 0.1) is 0 Å². The third-order valence-electron chi connectivity index (χ3n) is 2.29. The maximum atomic E-state index is 4.39. The van der Waals surface area contributed by atoms with E-state index in [1.165, 1.54) is 0 Å². The highest BCUT2D eigenvalue weighted by atomic mass is 15.1. The van der Waals surface area contributed by atoms with Crippen LogP contribution in [0.25, 0.3) is 0 Å². The van der Waals surface area contributed by atoms with Crippen molar-refractivity contribution in [2.24, 2.45) is 5.92 Å². The van der Waals surface area contributed by atoms with Crippen molar-refractivity contribution in [1.29, 1.82) is 0 Å². The molecule has 4 nitrogen and oxygen atoms in total. The minimum atomic E-state index is 0.650. The number of nitrogens with one attached hydrogen (secondary N) is 2. The molecule has 0 spiro atoms. The summed E-state index contributed by atoms with van der Waals surface area (Å²) in [6, 6.07) is 1.96. The molecule has 1 rings (SSSR count). The lowest BCUT2D eigenvalue weighted by Crippen LogP contribution is -2.09. The summed E-state index contributed by atoms with van der Waals surface area (Å²) in [5, 5.41) is 6.41. The molecule has 0 atom stereocenters. The maximum absolute atomic E-state index is 4.39. The molecule has 1 heterocycles. The highest BCUT2D eigenvalue weighted by Crippen LogP contribution is 2.10. The normalized spacial score (nSPS) is 10.4. The van der Waals surface area contributed by atoms with Crippen molar-refractivity contribution >= 4 is 11.8 Å². The lowest BCUT2D eigenvalue weighted by atomic mass is 10.1. The number of hydrogen-bond donors (Lipinski definition) is 2. The average molecular weight is 234 g/mol. The molecule has 0 radical (unpaired) electrons. The fourth-order valence-corrected chi connectivity index (χ4v) is 1.39. The Kier molecular flexibility index (Phi) is 5.46. The summed E-state index contributed by atoms with van der Waals surface area (Å²) in [6.45, 7) is 11.7. The molecule has 0 saturated carbocycles. The maximum Gasteiger partial charge on any atom is 0.225 e. The predicted molar refractivity (Wildman–Crippen MR) is 73.4 cm³/mol. The topological polar surface area (TPSA) is 49.8 Å². The molecule has 4 heteroatoms. The zero-order chi connectivity index (χ0) is 12.7. The van der Waals surface area contributed by atoms with Gasteiger partial charge < -0.3 is 10.6 Å². The lowest BCUT2D eigenvalue weighted by molar-refractivity contribution is 0.606. The summed E-state index contributed by atoms with van der Waals surface area (Å²) in [6.07, 6.45) is 2.93. The van der Waals surface area contributed by atoms with Gasteiger partial charge in [0.25, 0.3) is 0 Å². The Balaban J connectivity index is 2.58. The summed E-state index contributed by atoms with van der Waals surface area (Å²) in [5.74, 6) is 2.23. The number of hydrogen-bond acceptors (Lipinski definition) is 4. The van der Waals surface area contributed by atoms with Gasteiger partial charge in [0.2, 0.25) is 5.95 Å². The lowest BCUT2D eigenvalue weighted by Gasteiger charge is -2.10. The number of anilines is 2. The fraction of sp³-hybridized carbons (Fsp3) is 0.538. The monoisotopic (exact) mass is 234 g/mol. The van der Waals surface area contributed by atoms with Gasteiger partial charge in [-0.3, -0.25) is 0 Å². The van der Waals surface area contributed by atoms with Gasteiger partial charge in [-0.15, -0.1) is 6.58 Å². The second-order valence-corrected chi connectivity index (χ2v) is 4.50.